The van der Waals surface area contributed by atoms with E-state index >= 15 is 0 Å². The van der Waals surface area contributed by atoms with Crippen LogP contribution in [-0.4, -0.2) is 23.9 Å². The van der Waals surface area contributed by atoms with Gasteiger partial charge in [0.1, 0.15) is 0 Å². The average molecular weight is 257 g/mol. The van der Waals surface area contributed by atoms with Crippen LogP contribution in [0.2, 0.25) is 0 Å². The summed E-state index contributed by atoms with van der Waals surface area (Å²) in [6.07, 6.45) is 3.21. The summed E-state index contributed by atoms with van der Waals surface area (Å²) in [5.74, 6) is 1.40. The molecule has 1 aromatic rings. The average Bonchev–Trinajstić information content (AvgIpc) is 2.37. The van der Waals surface area contributed by atoms with Crippen LogP contribution in [-0.2, 0) is 4.79 Å². The third-order valence-corrected chi connectivity index (χ3v) is 3.68. The molecule has 2 rings (SSSR count). The molecule has 1 aliphatic rings. The van der Waals surface area contributed by atoms with Crippen molar-refractivity contribution in [1.82, 2.24) is 4.90 Å². The van der Waals surface area contributed by atoms with Gasteiger partial charge in [0.25, 0.3) is 0 Å². The van der Waals surface area contributed by atoms with Gasteiger partial charge in [0.2, 0.25) is 5.91 Å². The first-order chi connectivity index (χ1) is 9.06. The monoisotopic (exact) mass is 257 g/mol. The molecule has 1 saturated heterocycles. The molecule has 102 valence electrons. The van der Waals surface area contributed by atoms with Crippen molar-refractivity contribution in [3.05, 3.63) is 41.5 Å². The minimum Gasteiger partial charge on any atom is -0.338 e. The maximum absolute atomic E-state index is 12.5. The van der Waals surface area contributed by atoms with Crippen molar-refractivity contribution in [2.24, 2.45) is 11.8 Å². The fraction of sp³-hybridized carbons (Fsp3) is 0.471. The Hall–Kier alpha value is -1.57. The van der Waals surface area contributed by atoms with Gasteiger partial charge in [-0.05, 0) is 36.8 Å². The van der Waals surface area contributed by atoms with Crippen molar-refractivity contribution in [3.63, 3.8) is 0 Å². The molecule has 0 aliphatic carbocycles. The van der Waals surface area contributed by atoms with E-state index in [1.807, 2.05) is 48.2 Å². The molecular weight excluding hydrogens is 234 g/mol. The van der Waals surface area contributed by atoms with Gasteiger partial charge < -0.3 is 4.90 Å². The highest BCUT2D eigenvalue weighted by Crippen LogP contribution is 2.22. The van der Waals surface area contributed by atoms with E-state index in [1.165, 1.54) is 6.42 Å². The van der Waals surface area contributed by atoms with Crippen LogP contribution in [0, 0.1) is 11.8 Å². The highest BCUT2D eigenvalue weighted by atomic mass is 16.2. The van der Waals surface area contributed by atoms with Gasteiger partial charge in [0, 0.05) is 18.7 Å². The van der Waals surface area contributed by atoms with E-state index in [1.54, 1.807) is 0 Å². The van der Waals surface area contributed by atoms with E-state index < -0.39 is 0 Å². The smallest absolute Gasteiger partial charge is 0.249 e. The van der Waals surface area contributed by atoms with Crippen LogP contribution in [0.5, 0.6) is 0 Å². The van der Waals surface area contributed by atoms with Gasteiger partial charge in [-0.3, -0.25) is 4.79 Å². The summed E-state index contributed by atoms with van der Waals surface area (Å²) in [5, 5.41) is 0. The first-order valence-corrected chi connectivity index (χ1v) is 7.09. The second-order valence-corrected chi connectivity index (χ2v) is 5.89. The summed E-state index contributed by atoms with van der Waals surface area (Å²) in [4.78, 5) is 14.5. The minimum atomic E-state index is 0.183. The van der Waals surface area contributed by atoms with Crippen molar-refractivity contribution in [2.75, 3.05) is 13.1 Å². The van der Waals surface area contributed by atoms with Crippen LogP contribution in [0.1, 0.15) is 32.8 Å². The van der Waals surface area contributed by atoms with Crippen LogP contribution in [0.15, 0.2) is 35.9 Å². The van der Waals surface area contributed by atoms with Gasteiger partial charge in [-0.2, -0.15) is 0 Å². The predicted octanol–water partition coefficient (Wildman–Crippen LogP) is 3.59. The van der Waals surface area contributed by atoms with E-state index in [-0.39, 0.29) is 5.91 Å². The molecule has 0 N–H and O–H groups in total. The Balaban J connectivity index is 2.09. The van der Waals surface area contributed by atoms with Crippen LogP contribution in [0.4, 0.5) is 0 Å². The molecular formula is C17H23NO. The maximum atomic E-state index is 12.5. The fourth-order valence-corrected chi connectivity index (χ4v) is 2.94. The SMILES string of the molecule is C/C(=C/c1ccccc1)C(=O)N1C[C@H](C)C[C@@H](C)C1. The topological polar surface area (TPSA) is 20.3 Å². The Bertz CT molecular complexity index is 453. The third-order valence-electron chi connectivity index (χ3n) is 3.68. The summed E-state index contributed by atoms with van der Waals surface area (Å²) < 4.78 is 0. The number of carbonyl (C=O) groups excluding carboxylic acids is 1. The number of carbonyl (C=O) groups is 1. The molecule has 2 atom stereocenters. The molecule has 1 heterocycles. The van der Waals surface area contributed by atoms with Crippen molar-refractivity contribution in [1.29, 1.82) is 0 Å². The first-order valence-electron chi connectivity index (χ1n) is 7.09. The van der Waals surface area contributed by atoms with Crippen molar-refractivity contribution in [2.45, 2.75) is 27.2 Å². The van der Waals surface area contributed by atoms with Crippen molar-refractivity contribution < 1.29 is 4.79 Å². The van der Waals surface area contributed by atoms with Gasteiger partial charge in [-0.15, -0.1) is 0 Å². The standard InChI is InChI=1S/C17H23NO/c1-13-9-14(2)12-18(11-13)17(19)15(3)10-16-7-5-4-6-8-16/h4-8,10,13-14H,9,11-12H2,1-3H3/b15-10-/t13-,14-/m1/s1. The van der Waals surface area contributed by atoms with Gasteiger partial charge >= 0.3 is 0 Å². The van der Waals surface area contributed by atoms with Crippen molar-refractivity contribution in [3.8, 4) is 0 Å². The lowest BCUT2D eigenvalue weighted by Crippen LogP contribution is -2.42. The normalized spacial score (nSPS) is 24.4. The molecule has 1 aromatic carbocycles. The quantitative estimate of drug-likeness (QED) is 0.741. The Kier molecular flexibility index (Phi) is 4.41. The molecule has 0 saturated carbocycles. The zero-order chi connectivity index (χ0) is 13.8. The maximum Gasteiger partial charge on any atom is 0.249 e. The number of hydrogen-bond acceptors (Lipinski definition) is 1. The summed E-state index contributed by atoms with van der Waals surface area (Å²) in [6, 6.07) is 10.0. The Morgan fingerprint density at radius 1 is 1.16 bits per heavy atom. The summed E-state index contributed by atoms with van der Waals surface area (Å²) in [5.41, 5.74) is 1.92. The Labute approximate surface area is 116 Å². The molecule has 0 unspecified atom stereocenters. The highest BCUT2D eigenvalue weighted by molar-refractivity contribution is 5.97. The second kappa shape index (κ2) is 6.05. The van der Waals surface area contributed by atoms with Crippen LogP contribution >= 0.6 is 0 Å². The summed E-state index contributed by atoms with van der Waals surface area (Å²) in [7, 11) is 0. The molecule has 2 nitrogen and oxygen atoms in total. The largest absolute Gasteiger partial charge is 0.338 e. The minimum absolute atomic E-state index is 0.183. The lowest BCUT2D eigenvalue weighted by Gasteiger charge is -2.35. The van der Waals surface area contributed by atoms with Gasteiger partial charge in [-0.1, -0.05) is 44.2 Å². The van der Waals surface area contributed by atoms with Crippen LogP contribution in [0.25, 0.3) is 6.08 Å². The predicted molar refractivity (Wildman–Crippen MR) is 79.6 cm³/mol. The van der Waals surface area contributed by atoms with Crippen molar-refractivity contribution >= 4 is 12.0 Å². The lowest BCUT2D eigenvalue weighted by atomic mass is 9.91. The number of amides is 1. The lowest BCUT2D eigenvalue weighted by molar-refractivity contribution is -0.129. The zero-order valence-corrected chi connectivity index (χ0v) is 12.1. The van der Waals surface area contributed by atoms with Crippen LogP contribution in [0.3, 0.4) is 0 Å². The molecule has 0 spiro atoms. The van der Waals surface area contributed by atoms with Gasteiger partial charge in [0.05, 0.1) is 0 Å². The third kappa shape index (κ3) is 3.69. The van der Waals surface area contributed by atoms with Crippen LogP contribution < -0.4 is 0 Å². The molecule has 2 heteroatoms. The van der Waals surface area contributed by atoms with Gasteiger partial charge in [0.15, 0.2) is 0 Å². The van der Waals surface area contributed by atoms with E-state index in [4.69, 9.17) is 0 Å². The van der Waals surface area contributed by atoms with E-state index in [9.17, 15) is 4.79 Å². The number of rotatable bonds is 2. The molecule has 1 fully saturated rings. The number of piperidine rings is 1. The molecule has 19 heavy (non-hydrogen) atoms. The number of likely N-dealkylation sites (tertiary alicyclic amines) is 1. The molecule has 0 bridgehead atoms. The van der Waals surface area contributed by atoms with E-state index in [0.29, 0.717) is 11.8 Å². The van der Waals surface area contributed by atoms with Gasteiger partial charge in [-0.25, -0.2) is 0 Å². The molecule has 1 aliphatic heterocycles. The fourth-order valence-electron chi connectivity index (χ4n) is 2.94. The molecule has 0 radical (unpaired) electrons. The zero-order valence-electron chi connectivity index (χ0n) is 12.1. The highest BCUT2D eigenvalue weighted by Gasteiger charge is 2.25. The Morgan fingerprint density at radius 2 is 1.74 bits per heavy atom. The number of hydrogen-bond donors (Lipinski definition) is 0. The number of nitrogens with zero attached hydrogens (tertiary/aromatic N) is 1. The number of benzene rings is 1. The second-order valence-electron chi connectivity index (χ2n) is 5.89. The first kappa shape index (κ1) is 13.9. The summed E-state index contributed by atoms with van der Waals surface area (Å²) >= 11 is 0. The molecule has 0 aromatic heterocycles. The summed E-state index contributed by atoms with van der Waals surface area (Å²) in [6.45, 7) is 8.16. The van der Waals surface area contributed by atoms with E-state index in [2.05, 4.69) is 13.8 Å². The van der Waals surface area contributed by atoms with E-state index in [0.717, 1.165) is 24.2 Å². The molecule has 1 amide bonds. The Morgan fingerprint density at radius 3 is 2.32 bits per heavy atom.